The number of carbonyl (C=O) groups excluding carboxylic acids is 1. The van der Waals surface area contributed by atoms with Gasteiger partial charge in [-0.2, -0.15) is 0 Å². The minimum atomic E-state index is -0.558. The number of ether oxygens (including phenoxy) is 1. The van der Waals surface area contributed by atoms with Crippen LogP contribution in [0.2, 0.25) is 0 Å². The van der Waals surface area contributed by atoms with E-state index >= 15 is 0 Å². The molecule has 0 spiro atoms. The van der Waals surface area contributed by atoms with Crippen molar-refractivity contribution in [2.24, 2.45) is 5.73 Å². The van der Waals surface area contributed by atoms with Gasteiger partial charge in [-0.25, -0.2) is 0 Å². The molecule has 0 aromatic heterocycles. The van der Waals surface area contributed by atoms with E-state index in [4.69, 9.17) is 10.5 Å². The number of nitrogens with one attached hydrogen (secondary N) is 1. The molecule has 0 unspecified atom stereocenters. The summed E-state index contributed by atoms with van der Waals surface area (Å²) in [5, 5.41) is 13.4. The number of nitrogens with zero attached hydrogens (tertiary/aromatic N) is 1. The van der Waals surface area contributed by atoms with Gasteiger partial charge in [0, 0.05) is 18.2 Å². The quantitative estimate of drug-likeness (QED) is 0.586. The Labute approximate surface area is 110 Å². The van der Waals surface area contributed by atoms with E-state index in [0.717, 1.165) is 0 Å². The molecule has 0 radical (unpaired) electrons. The smallest absolute Gasteiger partial charge is 0.310 e. The van der Waals surface area contributed by atoms with Gasteiger partial charge >= 0.3 is 5.69 Å². The van der Waals surface area contributed by atoms with Crippen molar-refractivity contribution in [2.45, 2.75) is 19.4 Å². The van der Waals surface area contributed by atoms with Gasteiger partial charge in [-0.1, -0.05) is 12.1 Å². The number of nitrogens with two attached hydrogens (primary N) is 1. The fraction of sp³-hybridized carbons (Fsp3) is 0.417. The van der Waals surface area contributed by atoms with Crippen LogP contribution in [-0.2, 0) is 4.79 Å². The lowest BCUT2D eigenvalue weighted by molar-refractivity contribution is -0.385. The van der Waals surface area contributed by atoms with Gasteiger partial charge in [0.05, 0.1) is 4.92 Å². The summed E-state index contributed by atoms with van der Waals surface area (Å²) in [6.45, 7) is 3.53. The van der Waals surface area contributed by atoms with E-state index in [0.29, 0.717) is 0 Å². The molecular weight excluding hydrogens is 250 g/mol. The van der Waals surface area contributed by atoms with E-state index in [1.807, 2.05) is 0 Å². The molecule has 7 nitrogen and oxygen atoms in total. The third kappa shape index (κ3) is 4.55. The van der Waals surface area contributed by atoms with Crippen LogP contribution in [0, 0.1) is 10.1 Å². The van der Waals surface area contributed by atoms with Crippen molar-refractivity contribution < 1.29 is 14.5 Å². The molecule has 0 heterocycles. The van der Waals surface area contributed by atoms with Crippen LogP contribution < -0.4 is 15.8 Å². The van der Waals surface area contributed by atoms with Crippen LogP contribution in [0.15, 0.2) is 24.3 Å². The Morgan fingerprint density at radius 2 is 2.11 bits per heavy atom. The zero-order valence-electron chi connectivity index (χ0n) is 10.9. The molecule has 0 fully saturated rings. The van der Waals surface area contributed by atoms with Gasteiger partial charge in [0.2, 0.25) is 0 Å². The number of rotatable bonds is 6. The van der Waals surface area contributed by atoms with Crippen molar-refractivity contribution >= 4 is 11.6 Å². The molecule has 0 saturated heterocycles. The molecule has 0 bridgehead atoms. The average Bonchev–Trinajstić information content (AvgIpc) is 2.36. The first kappa shape index (κ1) is 14.9. The molecule has 7 heteroatoms. The lowest BCUT2D eigenvalue weighted by Crippen LogP contribution is -2.50. The summed E-state index contributed by atoms with van der Waals surface area (Å²) in [5.41, 5.74) is 4.77. The van der Waals surface area contributed by atoms with Gasteiger partial charge in [0.15, 0.2) is 12.4 Å². The average molecular weight is 267 g/mol. The summed E-state index contributed by atoms with van der Waals surface area (Å²) in [4.78, 5) is 21.8. The highest BCUT2D eigenvalue weighted by atomic mass is 16.6. The minimum absolute atomic E-state index is 0.0632. The lowest BCUT2D eigenvalue weighted by atomic mass is 10.1. The first-order chi connectivity index (χ1) is 8.85. The fourth-order valence-corrected chi connectivity index (χ4v) is 1.34. The lowest BCUT2D eigenvalue weighted by Gasteiger charge is -2.24. The molecule has 0 aliphatic rings. The second-order valence-electron chi connectivity index (χ2n) is 4.65. The maximum absolute atomic E-state index is 11.6. The molecule has 0 atom stereocenters. The summed E-state index contributed by atoms with van der Waals surface area (Å²) >= 11 is 0. The van der Waals surface area contributed by atoms with Crippen LogP contribution in [0.25, 0.3) is 0 Å². The van der Waals surface area contributed by atoms with Crippen LogP contribution in [0.4, 0.5) is 5.69 Å². The second kappa shape index (κ2) is 6.14. The van der Waals surface area contributed by atoms with Crippen LogP contribution in [0.5, 0.6) is 5.75 Å². The third-order valence-electron chi connectivity index (χ3n) is 2.41. The normalized spacial score (nSPS) is 10.9. The summed E-state index contributed by atoms with van der Waals surface area (Å²) < 4.78 is 5.16. The second-order valence-corrected chi connectivity index (χ2v) is 4.65. The molecule has 3 N–H and O–H groups in total. The van der Waals surface area contributed by atoms with E-state index < -0.39 is 10.5 Å². The van der Waals surface area contributed by atoms with Crippen molar-refractivity contribution in [3.8, 4) is 5.75 Å². The number of hydrogen-bond donors (Lipinski definition) is 2. The van der Waals surface area contributed by atoms with Gasteiger partial charge < -0.3 is 15.8 Å². The van der Waals surface area contributed by atoms with Crippen molar-refractivity contribution in [2.75, 3.05) is 13.2 Å². The number of nitro benzene ring substituents is 1. The van der Waals surface area contributed by atoms with E-state index in [9.17, 15) is 14.9 Å². The predicted molar refractivity (Wildman–Crippen MR) is 69.9 cm³/mol. The molecule has 1 amide bonds. The molecule has 19 heavy (non-hydrogen) atoms. The number of benzene rings is 1. The van der Waals surface area contributed by atoms with Gasteiger partial charge in [-0.05, 0) is 19.9 Å². The highest BCUT2D eigenvalue weighted by Gasteiger charge is 2.20. The van der Waals surface area contributed by atoms with E-state index in [2.05, 4.69) is 5.32 Å². The van der Waals surface area contributed by atoms with Crippen LogP contribution in [-0.4, -0.2) is 29.5 Å². The molecule has 0 saturated carbocycles. The zero-order chi connectivity index (χ0) is 14.5. The van der Waals surface area contributed by atoms with Crippen molar-refractivity contribution in [3.63, 3.8) is 0 Å². The Bertz CT molecular complexity index is 474. The zero-order valence-corrected chi connectivity index (χ0v) is 10.9. The molecule has 1 rings (SSSR count). The Morgan fingerprint density at radius 3 is 2.68 bits per heavy atom. The van der Waals surface area contributed by atoms with E-state index in [1.165, 1.54) is 18.2 Å². The number of carbonyl (C=O) groups is 1. The standard InChI is InChI=1S/C12H17N3O4/c1-12(2,8-13)14-11(16)7-19-10-6-4-3-5-9(10)15(17)18/h3-6H,7-8,13H2,1-2H3,(H,14,16). The van der Waals surface area contributed by atoms with Crippen LogP contribution in [0.1, 0.15) is 13.8 Å². The summed E-state index contributed by atoms with van der Waals surface area (Å²) in [7, 11) is 0. The molecule has 1 aromatic rings. The number of amides is 1. The van der Waals surface area contributed by atoms with E-state index in [-0.39, 0.29) is 30.5 Å². The summed E-state index contributed by atoms with van der Waals surface area (Å²) in [5.74, 6) is -0.318. The van der Waals surface area contributed by atoms with E-state index in [1.54, 1.807) is 19.9 Å². The summed E-state index contributed by atoms with van der Waals surface area (Å²) in [6, 6.07) is 5.89. The number of nitro groups is 1. The number of para-hydroxylation sites is 2. The monoisotopic (exact) mass is 267 g/mol. The molecular formula is C12H17N3O4. The molecule has 1 aromatic carbocycles. The number of hydrogen-bond acceptors (Lipinski definition) is 5. The van der Waals surface area contributed by atoms with Gasteiger partial charge in [-0.15, -0.1) is 0 Å². The first-order valence-corrected chi connectivity index (χ1v) is 5.73. The SMILES string of the molecule is CC(C)(CN)NC(=O)COc1ccccc1[N+](=O)[O-]. The molecule has 104 valence electrons. The topological polar surface area (TPSA) is 107 Å². The van der Waals surface area contributed by atoms with Crippen LogP contribution in [0.3, 0.4) is 0 Å². The Hall–Kier alpha value is -2.15. The molecule has 0 aliphatic heterocycles. The summed E-state index contributed by atoms with van der Waals surface area (Å²) in [6.07, 6.45) is 0. The first-order valence-electron chi connectivity index (χ1n) is 5.73. The highest BCUT2D eigenvalue weighted by molar-refractivity contribution is 5.78. The Kier molecular flexibility index (Phi) is 4.82. The van der Waals surface area contributed by atoms with Gasteiger partial charge in [-0.3, -0.25) is 14.9 Å². The van der Waals surface area contributed by atoms with Crippen molar-refractivity contribution in [1.82, 2.24) is 5.32 Å². The van der Waals surface area contributed by atoms with Crippen molar-refractivity contribution in [1.29, 1.82) is 0 Å². The Balaban J connectivity index is 2.63. The maximum atomic E-state index is 11.6. The third-order valence-corrected chi connectivity index (χ3v) is 2.41. The molecule has 0 aliphatic carbocycles. The fourth-order valence-electron chi connectivity index (χ4n) is 1.34. The minimum Gasteiger partial charge on any atom is -0.477 e. The van der Waals surface area contributed by atoms with Crippen molar-refractivity contribution in [3.05, 3.63) is 34.4 Å². The highest BCUT2D eigenvalue weighted by Crippen LogP contribution is 2.25. The maximum Gasteiger partial charge on any atom is 0.310 e. The predicted octanol–water partition coefficient (Wildman–Crippen LogP) is 0.827. The van der Waals surface area contributed by atoms with Gasteiger partial charge in [0.25, 0.3) is 5.91 Å². The van der Waals surface area contributed by atoms with Gasteiger partial charge in [0.1, 0.15) is 0 Å². The van der Waals surface area contributed by atoms with Crippen LogP contribution >= 0.6 is 0 Å². The Morgan fingerprint density at radius 1 is 1.47 bits per heavy atom. The largest absolute Gasteiger partial charge is 0.477 e.